The summed E-state index contributed by atoms with van der Waals surface area (Å²) in [5.41, 5.74) is 0. The van der Waals surface area contributed by atoms with Crippen LogP contribution in [-0.2, 0) is 28.6 Å². The molecule has 0 aliphatic heterocycles. The summed E-state index contributed by atoms with van der Waals surface area (Å²) in [4.78, 5) is 38.0. The molecule has 368 valence electrons. The second-order valence-electron chi connectivity index (χ2n) is 18.6. The lowest BCUT2D eigenvalue weighted by Crippen LogP contribution is -2.30. The van der Waals surface area contributed by atoms with Crippen molar-refractivity contribution in [3.05, 3.63) is 36.5 Å². The van der Waals surface area contributed by atoms with Gasteiger partial charge in [-0.1, -0.05) is 263 Å². The number of hydrogen-bond donors (Lipinski definition) is 0. The molecule has 0 amide bonds. The topological polar surface area (TPSA) is 78.9 Å². The zero-order valence-corrected chi connectivity index (χ0v) is 42.1. The quantitative estimate of drug-likeness (QED) is 0.0262. The maximum absolute atomic E-state index is 12.8. The van der Waals surface area contributed by atoms with Gasteiger partial charge in [0.05, 0.1) is 0 Å². The molecule has 0 bridgehead atoms. The van der Waals surface area contributed by atoms with Gasteiger partial charge in [-0.3, -0.25) is 14.4 Å². The Labute approximate surface area is 391 Å². The Bertz CT molecular complexity index is 1060. The van der Waals surface area contributed by atoms with Gasteiger partial charge in [-0.15, -0.1) is 0 Å². The van der Waals surface area contributed by atoms with E-state index < -0.39 is 6.10 Å². The van der Waals surface area contributed by atoms with E-state index in [0.717, 1.165) is 77.0 Å². The van der Waals surface area contributed by atoms with Crippen LogP contribution in [0.2, 0.25) is 0 Å². The Kier molecular flexibility index (Phi) is 50.3. The molecule has 6 nitrogen and oxygen atoms in total. The highest BCUT2D eigenvalue weighted by molar-refractivity contribution is 5.71. The van der Waals surface area contributed by atoms with E-state index in [-0.39, 0.29) is 31.1 Å². The zero-order chi connectivity index (χ0) is 45.8. The van der Waals surface area contributed by atoms with E-state index in [1.807, 2.05) is 0 Å². The van der Waals surface area contributed by atoms with E-state index in [4.69, 9.17) is 14.2 Å². The highest BCUT2D eigenvalue weighted by atomic mass is 16.6. The average Bonchev–Trinajstić information content (AvgIpc) is 3.28. The van der Waals surface area contributed by atoms with E-state index in [9.17, 15) is 14.4 Å². The van der Waals surface area contributed by atoms with Crippen LogP contribution >= 0.6 is 0 Å². The molecule has 0 spiro atoms. The number of rotatable bonds is 50. The SMILES string of the molecule is CCCCCCC\C=C/C=C\C=C/CCCCCCCC(=O)OCC(COC(=O)CCCCCCCCCCCC)OC(=O)CCCCCCCCCCCCCCCCCCC. The van der Waals surface area contributed by atoms with Crippen molar-refractivity contribution < 1.29 is 28.6 Å². The van der Waals surface area contributed by atoms with Crippen molar-refractivity contribution in [3.63, 3.8) is 0 Å². The molecule has 0 N–H and O–H groups in total. The lowest BCUT2D eigenvalue weighted by molar-refractivity contribution is -0.167. The van der Waals surface area contributed by atoms with Crippen molar-refractivity contribution >= 4 is 17.9 Å². The molecule has 0 aliphatic rings. The highest BCUT2D eigenvalue weighted by Gasteiger charge is 2.19. The van der Waals surface area contributed by atoms with Gasteiger partial charge in [-0.05, 0) is 44.9 Å². The summed E-state index contributed by atoms with van der Waals surface area (Å²) in [5, 5.41) is 0. The summed E-state index contributed by atoms with van der Waals surface area (Å²) in [6.07, 6.45) is 61.3. The third-order valence-corrected chi connectivity index (χ3v) is 12.2. The molecular formula is C57H104O6. The fourth-order valence-electron chi connectivity index (χ4n) is 8.03. The molecule has 0 aromatic carbocycles. The van der Waals surface area contributed by atoms with Gasteiger partial charge in [-0.2, -0.15) is 0 Å². The van der Waals surface area contributed by atoms with Crippen LogP contribution in [-0.4, -0.2) is 37.2 Å². The smallest absolute Gasteiger partial charge is 0.306 e. The van der Waals surface area contributed by atoms with Crippen molar-refractivity contribution in [2.45, 2.75) is 297 Å². The Morgan fingerprint density at radius 1 is 0.317 bits per heavy atom. The van der Waals surface area contributed by atoms with E-state index in [1.54, 1.807) is 0 Å². The van der Waals surface area contributed by atoms with Gasteiger partial charge in [0, 0.05) is 19.3 Å². The summed E-state index contributed by atoms with van der Waals surface area (Å²) in [6.45, 7) is 6.63. The van der Waals surface area contributed by atoms with Crippen LogP contribution in [0.15, 0.2) is 36.5 Å². The number of allylic oxidation sites excluding steroid dienone is 6. The van der Waals surface area contributed by atoms with Crippen LogP contribution in [0.5, 0.6) is 0 Å². The number of ether oxygens (including phenoxy) is 3. The average molecular weight is 885 g/mol. The van der Waals surface area contributed by atoms with Gasteiger partial charge in [-0.25, -0.2) is 0 Å². The van der Waals surface area contributed by atoms with Crippen LogP contribution in [0.4, 0.5) is 0 Å². The van der Waals surface area contributed by atoms with E-state index in [0.29, 0.717) is 19.3 Å². The molecule has 0 fully saturated rings. The molecule has 0 radical (unpaired) electrons. The Morgan fingerprint density at radius 3 is 0.873 bits per heavy atom. The number of carbonyl (C=O) groups excluding carboxylic acids is 3. The fraction of sp³-hybridized carbons (Fsp3) is 0.842. The fourth-order valence-corrected chi connectivity index (χ4v) is 8.03. The predicted molar refractivity (Wildman–Crippen MR) is 270 cm³/mol. The van der Waals surface area contributed by atoms with Gasteiger partial charge < -0.3 is 14.2 Å². The number of carbonyl (C=O) groups is 3. The first kappa shape index (κ1) is 60.6. The molecule has 6 heteroatoms. The highest BCUT2D eigenvalue weighted by Crippen LogP contribution is 2.16. The summed E-state index contributed by atoms with van der Waals surface area (Å²) < 4.78 is 16.8. The minimum absolute atomic E-state index is 0.0746. The third-order valence-electron chi connectivity index (χ3n) is 12.2. The molecular weight excluding hydrogens is 781 g/mol. The van der Waals surface area contributed by atoms with Crippen molar-refractivity contribution in [2.24, 2.45) is 0 Å². The molecule has 63 heavy (non-hydrogen) atoms. The molecule has 0 aliphatic carbocycles. The van der Waals surface area contributed by atoms with E-state index >= 15 is 0 Å². The van der Waals surface area contributed by atoms with Crippen molar-refractivity contribution in [1.29, 1.82) is 0 Å². The van der Waals surface area contributed by atoms with Crippen LogP contribution in [0.1, 0.15) is 290 Å². The van der Waals surface area contributed by atoms with Crippen molar-refractivity contribution in [3.8, 4) is 0 Å². The Balaban J connectivity index is 4.33. The standard InChI is InChI=1S/C57H104O6/c1-4-7-10-13-16-19-22-24-26-28-30-31-33-35-38-41-44-47-50-56(59)62-53-54(52-61-55(58)49-46-43-40-37-21-18-15-12-9-6-3)63-57(60)51-48-45-42-39-36-34-32-29-27-25-23-20-17-14-11-8-5-2/h22,24,26,28,30-31,54H,4-21,23,25,27,29,32-53H2,1-3H3/b24-22-,28-26-,31-30-. The Morgan fingerprint density at radius 2 is 0.571 bits per heavy atom. The minimum Gasteiger partial charge on any atom is -0.462 e. The first-order valence-electron chi connectivity index (χ1n) is 27.5. The molecule has 1 unspecified atom stereocenters. The van der Waals surface area contributed by atoms with Crippen LogP contribution in [0.3, 0.4) is 0 Å². The van der Waals surface area contributed by atoms with Crippen LogP contribution in [0.25, 0.3) is 0 Å². The molecule has 0 heterocycles. The van der Waals surface area contributed by atoms with Gasteiger partial charge in [0.15, 0.2) is 6.10 Å². The van der Waals surface area contributed by atoms with E-state index in [1.165, 1.54) is 173 Å². The van der Waals surface area contributed by atoms with Crippen LogP contribution < -0.4 is 0 Å². The van der Waals surface area contributed by atoms with Gasteiger partial charge in [0.25, 0.3) is 0 Å². The van der Waals surface area contributed by atoms with Crippen molar-refractivity contribution in [2.75, 3.05) is 13.2 Å². The monoisotopic (exact) mass is 885 g/mol. The first-order valence-corrected chi connectivity index (χ1v) is 27.5. The summed E-state index contributed by atoms with van der Waals surface area (Å²) >= 11 is 0. The molecule has 0 rings (SSSR count). The predicted octanol–water partition coefficient (Wildman–Crippen LogP) is 18.1. The second-order valence-corrected chi connectivity index (χ2v) is 18.6. The van der Waals surface area contributed by atoms with Gasteiger partial charge in [0.1, 0.15) is 13.2 Å². The molecule has 0 saturated carbocycles. The largest absolute Gasteiger partial charge is 0.462 e. The molecule has 1 atom stereocenters. The molecule has 0 aromatic rings. The zero-order valence-electron chi connectivity index (χ0n) is 42.1. The number of unbranched alkanes of at least 4 members (excludes halogenated alkanes) is 35. The molecule has 0 saturated heterocycles. The van der Waals surface area contributed by atoms with Gasteiger partial charge >= 0.3 is 17.9 Å². The summed E-state index contributed by atoms with van der Waals surface area (Å²) in [7, 11) is 0. The molecule has 0 aromatic heterocycles. The van der Waals surface area contributed by atoms with Gasteiger partial charge in [0.2, 0.25) is 0 Å². The summed E-state index contributed by atoms with van der Waals surface area (Å²) in [6, 6.07) is 0. The second kappa shape index (κ2) is 52.3. The number of hydrogen-bond acceptors (Lipinski definition) is 6. The first-order chi connectivity index (χ1) is 31.0. The maximum Gasteiger partial charge on any atom is 0.306 e. The lowest BCUT2D eigenvalue weighted by atomic mass is 10.0. The Hall–Kier alpha value is -2.37. The summed E-state index contributed by atoms with van der Waals surface area (Å²) in [5.74, 6) is -0.881. The third kappa shape index (κ3) is 50.5. The van der Waals surface area contributed by atoms with E-state index in [2.05, 4.69) is 57.2 Å². The van der Waals surface area contributed by atoms with Crippen LogP contribution in [0, 0.1) is 0 Å². The van der Waals surface area contributed by atoms with Crippen molar-refractivity contribution in [1.82, 2.24) is 0 Å². The lowest BCUT2D eigenvalue weighted by Gasteiger charge is -2.18. The minimum atomic E-state index is -0.775. The number of esters is 3. The maximum atomic E-state index is 12.8. The normalized spacial score (nSPS) is 12.2.